The Bertz CT molecular complexity index is 1090. The van der Waals surface area contributed by atoms with E-state index in [0.717, 1.165) is 11.1 Å². The number of carbonyl (C=O) groups excluding carboxylic acids is 2. The van der Waals surface area contributed by atoms with Gasteiger partial charge in [0.1, 0.15) is 6.61 Å². The zero-order valence-electron chi connectivity index (χ0n) is 19.1. The third kappa shape index (κ3) is 5.22. The fraction of sp³-hybridized carbons (Fsp3) is 0.296. The molecule has 2 heterocycles. The van der Waals surface area contributed by atoms with Crippen LogP contribution in [-0.2, 0) is 16.8 Å². The van der Waals surface area contributed by atoms with Crippen LogP contribution in [0.3, 0.4) is 0 Å². The Balaban J connectivity index is 1.35. The summed E-state index contributed by atoms with van der Waals surface area (Å²) in [5.74, 6) is 0.431. The largest absolute Gasteiger partial charge is 0.473 e. The SMILES string of the molecule is CC(C)(C(=O)N1CCN(C(=O)c2ccnc(OCc3ccccc3)c2)CC1)c1ccccc1. The van der Waals surface area contributed by atoms with Crippen molar-refractivity contribution in [2.45, 2.75) is 25.9 Å². The molecular formula is C27H29N3O3. The Morgan fingerprint density at radius 2 is 1.48 bits per heavy atom. The summed E-state index contributed by atoms with van der Waals surface area (Å²) >= 11 is 0. The first-order valence-electron chi connectivity index (χ1n) is 11.2. The molecule has 0 spiro atoms. The molecule has 0 aliphatic carbocycles. The summed E-state index contributed by atoms with van der Waals surface area (Å²) < 4.78 is 5.76. The van der Waals surface area contributed by atoms with Crippen LogP contribution in [-0.4, -0.2) is 52.8 Å². The average molecular weight is 444 g/mol. The molecule has 1 aliphatic rings. The maximum absolute atomic E-state index is 13.2. The lowest BCUT2D eigenvalue weighted by atomic mass is 9.83. The highest BCUT2D eigenvalue weighted by atomic mass is 16.5. The first kappa shape index (κ1) is 22.5. The second-order valence-corrected chi connectivity index (χ2v) is 8.73. The molecule has 33 heavy (non-hydrogen) atoms. The zero-order chi connectivity index (χ0) is 23.3. The molecule has 0 saturated carbocycles. The predicted octanol–water partition coefficient (Wildman–Crippen LogP) is 3.92. The zero-order valence-corrected chi connectivity index (χ0v) is 19.1. The van der Waals surface area contributed by atoms with Crippen LogP contribution in [0.1, 0.15) is 35.3 Å². The lowest BCUT2D eigenvalue weighted by Crippen LogP contribution is -2.54. The molecule has 2 aromatic carbocycles. The summed E-state index contributed by atoms with van der Waals surface area (Å²) in [5.41, 5.74) is 1.96. The highest BCUT2D eigenvalue weighted by Gasteiger charge is 2.35. The summed E-state index contributed by atoms with van der Waals surface area (Å²) in [6, 6.07) is 23.0. The Morgan fingerprint density at radius 1 is 0.879 bits per heavy atom. The van der Waals surface area contributed by atoms with Crippen molar-refractivity contribution in [1.29, 1.82) is 0 Å². The lowest BCUT2D eigenvalue weighted by molar-refractivity contribution is -0.137. The van der Waals surface area contributed by atoms with Crippen molar-refractivity contribution in [3.63, 3.8) is 0 Å². The lowest BCUT2D eigenvalue weighted by Gasteiger charge is -2.38. The number of pyridine rings is 1. The van der Waals surface area contributed by atoms with E-state index in [1.807, 2.05) is 79.4 Å². The van der Waals surface area contributed by atoms with Gasteiger partial charge in [0.2, 0.25) is 11.8 Å². The molecule has 0 radical (unpaired) electrons. The molecule has 0 atom stereocenters. The van der Waals surface area contributed by atoms with Crippen molar-refractivity contribution in [3.05, 3.63) is 95.7 Å². The van der Waals surface area contributed by atoms with Crippen molar-refractivity contribution in [2.75, 3.05) is 26.2 Å². The third-order valence-corrected chi connectivity index (χ3v) is 6.10. The highest BCUT2D eigenvalue weighted by molar-refractivity contribution is 5.94. The van der Waals surface area contributed by atoms with E-state index in [9.17, 15) is 9.59 Å². The molecule has 170 valence electrons. The van der Waals surface area contributed by atoms with Gasteiger partial charge in [0, 0.05) is 44.0 Å². The molecule has 0 N–H and O–H groups in total. The summed E-state index contributed by atoms with van der Waals surface area (Å²) in [7, 11) is 0. The molecule has 6 heteroatoms. The van der Waals surface area contributed by atoms with Crippen LogP contribution in [0.15, 0.2) is 79.0 Å². The van der Waals surface area contributed by atoms with Crippen molar-refractivity contribution in [1.82, 2.24) is 14.8 Å². The van der Waals surface area contributed by atoms with Gasteiger partial charge in [-0.3, -0.25) is 9.59 Å². The fourth-order valence-corrected chi connectivity index (χ4v) is 4.02. The maximum Gasteiger partial charge on any atom is 0.254 e. The Labute approximate surface area is 194 Å². The molecule has 1 fully saturated rings. The number of nitrogens with zero attached hydrogens (tertiary/aromatic N) is 3. The maximum atomic E-state index is 13.2. The van der Waals surface area contributed by atoms with E-state index in [0.29, 0.717) is 44.2 Å². The minimum absolute atomic E-state index is 0.0728. The van der Waals surface area contributed by atoms with Crippen LogP contribution in [0.5, 0.6) is 5.88 Å². The van der Waals surface area contributed by atoms with Crippen molar-refractivity contribution in [2.24, 2.45) is 0 Å². The molecule has 1 aromatic heterocycles. The topological polar surface area (TPSA) is 62.7 Å². The van der Waals surface area contributed by atoms with Gasteiger partial charge in [0.05, 0.1) is 5.41 Å². The number of amides is 2. The van der Waals surface area contributed by atoms with E-state index < -0.39 is 5.41 Å². The molecule has 6 nitrogen and oxygen atoms in total. The number of hydrogen-bond acceptors (Lipinski definition) is 4. The predicted molar refractivity (Wildman–Crippen MR) is 127 cm³/mol. The molecular weight excluding hydrogens is 414 g/mol. The summed E-state index contributed by atoms with van der Waals surface area (Å²) in [4.78, 5) is 34.1. The van der Waals surface area contributed by atoms with Gasteiger partial charge in [-0.05, 0) is 31.0 Å². The van der Waals surface area contributed by atoms with Crippen molar-refractivity contribution in [3.8, 4) is 5.88 Å². The highest BCUT2D eigenvalue weighted by Crippen LogP contribution is 2.26. The van der Waals surface area contributed by atoms with Gasteiger partial charge < -0.3 is 14.5 Å². The van der Waals surface area contributed by atoms with Crippen molar-refractivity contribution < 1.29 is 14.3 Å². The van der Waals surface area contributed by atoms with E-state index in [1.54, 1.807) is 23.2 Å². The van der Waals surface area contributed by atoms with Gasteiger partial charge in [0.15, 0.2) is 0 Å². The second-order valence-electron chi connectivity index (χ2n) is 8.73. The number of benzene rings is 2. The van der Waals surface area contributed by atoms with E-state index in [-0.39, 0.29) is 11.8 Å². The first-order valence-corrected chi connectivity index (χ1v) is 11.2. The van der Waals surface area contributed by atoms with E-state index in [1.165, 1.54) is 0 Å². The van der Waals surface area contributed by atoms with Gasteiger partial charge in [-0.1, -0.05) is 60.7 Å². The summed E-state index contributed by atoms with van der Waals surface area (Å²) in [6.07, 6.45) is 1.59. The molecule has 0 bridgehead atoms. The van der Waals surface area contributed by atoms with E-state index in [4.69, 9.17) is 4.74 Å². The number of ether oxygens (including phenoxy) is 1. The smallest absolute Gasteiger partial charge is 0.254 e. The van der Waals surface area contributed by atoms with Crippen LogP contribution >= 0.6 is 0 Å². The van der Waals surface area contributed by atoms with Crippen LogP contribution < -0.4 is 4.74 Å². The number of carbonyl (C=O) groups is 2. The first-order chi connectivity index (χ1) is 15.9. The molecule has 2 amide bonds. The van der Waals surface area contributed by atoms with Gasteiger partial charge in [-0.25, -0.2) is 4.98 Å². The van der Waals surface area contributed by atoms with Crippen LogP contribution in [0.4, 0.5) is 0 Å². The fourth-order valence-electron chi connectivity index (χ4n) is 4.02. The Morgan fingerprint density at radius 3 is 2.15 bits per heavy atom. The van der Waals surface area contributed by atoms with Crippen LogP contribution in [0.25, 0.3) is 0 Å². The Kier molecular flexibility index (Phi) is 6.73. The number of piperazine rings is 1. The summed E-state index contributed by atoms with van der Waals surface area (Å²) in [6.45, 7) is 6.33. The normalized spacial score (nSPS) is 14.1. The Hall–Kier alpha value is -3.67. The minimum atomic E-state index is -0.608. The quantitative estimate of drug-likeness (QED) is 0.579. The van der Waals surface area contributed by atoms with E-state index >= 15 is 0 Å². The van der Waals surface area contributed by atoms with Crippen LogP contribution in [0, 0.1) is 0 Å². The van der Waals surface area contributed by atoms with E-state index in [2.05, 4.69) is 4.98 Å². The number of hydrogen-bond donors (Lipinski definition) is 0. The van der Waals surface area contributed by atoms with Gasteiger partial charge in [0.25, 0.3) is 5.91 Å². The monoisotopic (exact) mass is 443 g/mol. The van der Waals surface area contributed by atoms with Gasteiger partial charge in [-0.2, -0.15) is 0 Å². The third-order valence-electron chi connectivity index (χ3n) is 6.10. The van der Waals surface area contributed by atoms with Gasteiger partial charge >= 0.3 is 0 Å². The molecule has 0 unspecified atom stereocenters. The van der Waals surface area contributed by atoms with Crippen molar-refractivity contribution >= 4 is 11.8 Å². The average Bonchev–Trinajstić information content (AvgIpc) is 2.88. The number of aromatic nitrogens is 1. The van der Waals surface area contributed by atoms with Crippen LogP contribution in [0.2, 0.25) is 0 Å². The molecule has 1 saturated heterocycles. The van der Waals surface area contributed by atoms with Gasteiger partial charge in [-0.15, -0.1) is 0 Å². The molecule has 4 rings (SSSR count). The molecule has 3 aromatic rings. The number of rotatable bonds is 6. The molecule has 1 aliphatic heterocycles. The summed E-state index contributed by atoms with van der Waals surface area (Å²) in [5, 5.41) is 0. The second kappa shape index (κ2) is 9.86. The minimum Gasteiger partial charge on any atom is -0.473 e. The standard InChI is InChI=1S/C27H29N3O3/c1-27(2,23-11-7-4-8-12-23)26(32)30-17-15-29(16-18-30)25(31)22-13-14-28-24(19-22)33-20-21-9-5-3-6-10-21/h3-14,19H,15-18,20H2,1-2H3.